The molecular weight excluding hydrogens is 500 g/mol. The number of rotatable bonds is 8. The molecule has 0 saturated heterocycles. The van der Waals surface area contributed by atoms with Crippen LogP contribution in [0.3, 0.4) is 0 Å². The van der Waals surface area contributed by atoms with Crippen LogP contribution in [0.15, 0.2) is 59.1 Å². The lowest BCUT2D eigenvalue weighted by Crippen LogP contribution is -2.48. The van der Waals surface area contributed by atoms with Crippen molar-refractivity contribution in [3.63, 3.8) is 0 Å². The summed E-state index contributed by atoms with van der Waals surface area (Å²) in [6.07, 6.45) is 1.04. The molecule has 0 aliphatic heterocycles. The van der Waals surface area contributed by atoms with Gasteiger partial charge in [0.1, 0.15) is 5.54 Å². The third-order valence-electron chi connectivity index (χ3n) is 6.30. The lowest BCUT2D eigenvalue weighted by Gasteiger charge is -2.16. The highest BCUT2D eigenvalue weighted by Gasteiger charge is 2.51. The average Bonchev–Trinajstić information content (AvgIpc) is 3.42. The van der Waals surface area contributed by atoms with Crippen LogP contribution in [0, 0.1) is 0 Å². The summed E-state index contributed by atoms with van der Waals surface area (Å²) in [4.78, 5) is 37.8. The summed E-state index contributed by atoms with van der Waals surface area (Å²) in [6.45, 7) is 0.254. The van der Waals surface area contributed by atoms with Crippen molar-refractivity contribution in [2.24, 2.45) is 0 Å². The molecule has 2 amide bonds. The number of nitrogens with zero attached hydrogens (tertiary/aromatic N) is 2. The Labute approximate surface area is 216 Å². The monoisotopic (exact) mass is 522 g/mol. The van der Waals surface area contributed by atoms with Crippen molar-refractivity contribution >= 4 is 40.3 Å². The minimum absolute atomic E-state index is 0.0320. The van der Waals surface area contributed by atoms with Crippen LogP contribution in [-0.2, 0) is 16.1 Å². The molecule has 2 aromatic heterocycles. The summed E-state index contributed by atoms with van der Waals surface area (Å²) in [5.74, 6) is -1.22. The maximum absolute atomic E-state index is 12.9. The van der Waals surface area contributed by atoms with Crippen LogP contribution in [0.1, 0.15) is 39.4 Å². The molecule has 0 radical (unpaired) electrons. The first-order valence-electron chi connectivity index (χ1n) is 11.4. The van der Waals surface area contributed by atoms with Crippen molar-refractivity contribution in [1.29, 1.82) is 0 Å². The fourth-order valence-corrected chi connectivity index (χ4v) is 4.46. The standard InChI is InChI=1S/C26H23ClN4O6/c1-35-20-13-19(37-30-20)23(32)29-26(11-12-26)25(34)28-14-15-7-9-16(10-8-15)31-18-6-4-3-5-17(18)21(27)22(31)24(33)36-2/h3-10,13H,11-12,14H2,1-2H3,(H,28,34)(H,29,32). The van der Waals surface area contributed by atoms with E-state index in [0.717, 1.165) is 16.5 Å². The fraction of sp³-hybridized carbons (Fsp3) is 0.231. The van der Waals surface area contributed by atoms with Gasteiger partial charge >= 0.3 is 5.97 Å². The number of hydrogen-bond donors (Lipinski definition) is 2. The molecule has 1 aliphatic carbocycles. The highest BCUT2D eigenvalue weighted by atomic mass is 35.5. The zero-order valence-electron chi connectivity index (χ0n) is 20.0. The maximum Gasteiger partial charge on any atom is 0.356 e. The van der Waals surface area contributed by atoms with Gasteiger partial charge in [-0.3, -0.25) is 9.59 Å². The van der Waals surface area contributed by atoms with Crippen LogP contribution >= 0.6 is 11.6 Å². The molecule has 0 unspecified atom stereocenters. The van der Waals surface area contributed by atoms with E-state index in [4.69, 9.17) is 25.6 Å². The zero-order chi connectivity index (χ0) is 26.2. The second-order valence-corrected chi connectivity index (χ2v) is 9.00. The lowest BCUT2D eigenvalue weighted by molar-refractivity contribution is -0.124. The van der Waals surface area contributed by atoms with Gasteiger partial charge in [0.2, 0.25) is 11.7 Å². The van der Waals surface area contributed by atoms with Crippen molar-refractivity contribution < 1.29 is 28.4 Å². The van der Waals surface area contributed by atoms with Gasteiger partial charge in [0, 0.05) is 17.6 Å². The number of hydrogen-bond acceptors (Lipinski definition) is 7. The number of ether oxygens (including phenoxy) is 2. The van der Waals surface area contributed by atoms with Crippen molar-refractivity contribution in [3.05, 3.63) is 76.6 Å². The number of carbonyl (C=O) groups is 3. The minimum Gasteiger partial charge on any atom is -0.479 e. The molecule has 0 atom stereocenters. The number of benzene rings is 2. The molecule has 1 fully saturated rings. The highest BCUT2D eigenvalue weighted by molar-refractivity contribution is 6.38. The average molecular weight is 523 g/mol. The van der Waals surface area contributed by atoms with Crippen LogP contribution in [-0.4, -0.2) is 47.3 Å². The highest BCUT2D eigenvalue weighted by Crippen LogP contribution is 2.36. The maximum atomic E-state index is 12.9. The molecule has 0 bridgehead atoms. The molecule has 1 aliphatic rings. The summed E-state index contributed by atoms with van der Waals surface area (Å²) >= 11 is 6.52. The number of para-hydroxylation sites is 1. The molecular formula is C26H23ClN4O6. The summed E-state index contributed by atoms with van der Waals surface area (Å²) in [5.41, 5.74) is 1.58. The molecule has 10 nitrogen and oxygen atoms in total. The van der Waals surface area contributed by atoms with Gasteiger partial charge in [-0.15, -0.1) is 0 Å². The molecule has 11 heteroatoms. The Morgan fingerprint density at radius 3 is 2.49 bits per heavy atom. The van der Waals surface area contributed by atoms with Gasteiger partial charge < -0.3 is 29.2 Å². The third kappa shape index (κ3) is 4.51. The van der Waals surface area contributed by atoms with Crippen molar-refractivity contribution in [3.8, 4) is 11.6 Å². The lowest BCUT2D eigenvalue weighted by atomic mass is 10.1. The molecule has 1 saturated carbocycles. The number of methoxy groups -OCH3 is 2. The van der Waals surface area contributed by atoms with Crippen LogP contribution < -0.4 is 15.4 Å². The topological polar surface area (TPSA) is 125 Å². The molecule has 5 rings (SSSR count). The van der Waals surface area contributed by atoms with Crippen LogP contribution in [0.2, 0.25) is 5.02 Å². The Morgan fingerprint density at radius 2 is 1.84 bits per heavy atom. The molecule has 0 spiro atoms. The van der Waals surface area contributed by atoms with E-state index >= 15 is 0 Å². The quantitative estimate of drug-likeness (QED) is 0.338. The van der Waals surface area contributed by atoms with Crippen molar-refractivity contribution in [2.75, 3.05) is 14.2 Å². The summed E-state index contributed by atoms with van der Waals surface area (Å²) in [7, 11) is 2.72. The van der Waals surface area contributed by atoms with Gasteiger partial charge in [-0.2, -0.15) is 0 Å². The van der Waals surface area contributed by atoms with Gasteiger partial charge in [0.25, 0.3) is 11.8 Å². The van der Waals surface area contributed by atoms with E-state index in [1.54, 1.807) is 4.57 Å². The van der Waals surface area contributed by atoms with E-state index in [0.29, 0.717) is 23.6 Å². The molecule has 2 aromatic carbocycles. The van der Waals surface area contributed by atoms with Gasteiger partial charge in [-0.05, 0) is 41.8 Å². The van der Waals surface area contributed by atoms with Gasteiger partial charge in [0.15, 0.2) is 5.69 Å². The van der Waals surface area contributed by atoms with Gasteiger partial charge in [-0.25, -0.2) is 4.79 Å². The molecule has 190 valence electrons. The van der Waals surface area contributed by atoms with Gasteiger partial charge in [-0.1, -0.05) is 41.9 Å². The first-order valence-corrected chi connectivity index (χ1v) is 11.8. The second-order valence-electron chi connectivity index (χ2n) is 8.63. The number of fused-ring (bicyclic) bond motifs is 1. The predicted octanol–water partition coefficient (Wildman–Crippen LogP) is 3.65. The largest absolute Gasteiger partial charge is 0.479 e. The third-order valence-corrected chi connectivity index (χ3v) is 6.68. The Bertz CT molecular complexity index is 1500. The normalized spacial score (nSPS) is 13.7. The van der Waals surface area contributed by atoms with E-state index in [1.807, 2.05) is 48.5 Å². The van der Waals surface area contributed by atoms with Crippen LogP contribution in [0.5, 0.6) is 5.88 Å². The number of amides is 2. The summed E-state index contributed by atoms with van der Waals surface area (Å²) in [5, 5.41) is 10.3. The predicted molar refractivity (Wildman–Crippen MR) is 134 cm³/mol. The first kappa shape index (κ1) is 24.4. The fourth-order valence-electron chi connectivity index (χ4n) is 4.14. The van der Waals surface area contributed by atoms with Crippen LogP contribution in [0.25, 0.3) is 16.6 Å². The van der Waals surface area contributed by atoms with Gasteiger partial charge in [0.05, 0.1) is 30.8 Å². The molecule has 2 heterocycles. The van der Waals surface area contributed by atoms with E-state index in [1.165, 1.54) is 20.3 Å². The molecule has 37 heavy (non-hydrogen) atoms. The number of halogens is 1. The van der Waals surface area contributed by atoms with Crippen LogP contribution in [0.4, 0.5) is 0 Å². The summed E-state index contributed by atoms with van der Waals surface area (Å²) in [6, 6.07) is 16.2. The van der Waals surface area contributed by atoms with E-state index in [-0.39, 0.29) is 29.8 Å². The minimum atomic E-state index is -0.979. The van der Waals surface area contributed by atoms with E-state index < -0.39 is 17.4 Å². The first-order chi connectivity index (χ1) is 17.9. The Kier molecular flexibility index (Phi) is 6.34. The smallest absolute Gasteiger partial charge is 0.356 e. The second kappa shape index (κ2) is 9.62. The van der Waals surface area contributed by atoms with E-state index in [9.17, 15) is 14.4 Å². The Morgan fingerprint density at radius 1 is 1.11 bits per heavy atom. The number of nitrogens with one attached hydrogen (secondary N) is 2. The number of aromatic nitrogens is 2. The SMILES string of the molecule is COC(=O)c1c(Cl)c2ccccc2n1-c1ccc(CNC(=O)C2(NC(=O)c3cc(OC)no3)CC2)cc1. The molecule has 4 aromatic rings. The summed E-state index contributed by atoms with van der Waals surface area (Å²) < 4.78 is 16.6. The molecule has 2 N–H and O–H groups in total. The number of esters is 1. The Hall–Kier alpha value is -4.31. The Balaban J connectivity index is 1.29. The van der Waals surface area contributed by atoms with E-state index in [2.05, 4.69) is 15.8 Å². The van der Waals surface area contributed by atoms with Crippen molar-refractivity contribution in [2.45, 2.75) is 24.9 Å². The van der Waals surface area contributed by atoms with Crippen molar-refractivity contribution in [1.82, 2.24) is 20.4 Å². The number of carbonyl (C=O) groups excluding carboxylic acids is 3. The zero-order valence-corrected chi connectivity index (χ0v) is 20.8.